The van der Waals surface area contributed by atoms with E-state index in [2.05, 4.69) is 15.5 Å². The quantitative estimate of drug-likeness (QED) is 0.292. The number of hydrogen-bond acceptors (Lipinski definition) is 4. The molecule has 1 amide bonds. The number of para-hydroxylation sites is 1. The van der Waals surface area contributed by atoms with Crippen LogP contribution in [0.15, 0.2) is 78.0 Å². The first-order valence-corrected chi connectivity index (χ1v) is 11.0. The number of carbonyl (C=O) groups is 1. The monoisotopic (exact) mass is 468 g/mol. The molecule has 0 fully saturated rings. The van der Waals surface area contributed by atoms with E-state index in [4.69, 9.17) is 0 Å². The van der Waals surface area contributed by atoms with Crippen LogP contribution < -0.4 is 5.32 Å². The zero-order valence-electron chi connectivity index (χ0n) is 17.5. The third kappa shape index (κ3) is 5.09. The first kappa shape index (κ1) is 22.6. The lowest BCUT2D eigenvalue weighted by Crippen LogP contribution is -2.23. The average molecular weight is 469 g/mol. The highest BCUT2D eigenvalue weighted by atomic mass is 32.2. The van der Waals surface area contributed by atoms with Gasteiger partial charge in [0.1, 0.15) is 5.82 Å². The minimum absolute atomic E-state index is 0.430. The van der Waals surface area contributed by atoms with Crippen molar-refractivity contribution in [1.29, 1.82) is 0 Å². The maximum atomic E-state index is 13.9. The maximum absolute atomic E-state index is 13.9. The molecule has 4 rings (SSSR count). The predicted octanol–water partition coefficient (Wildman–Crippen LogP) is 5.39. The van der Waals surface area contributed by atoms with Gasteiger partial charge in [0.15, 0.2) is 22.6 Å². The van der Waals surface area contributed by atoms with Crippen molar-refractivity contribution in [2.24, 2.45) is 0 Å². The Morgan fingerprint density at radius 3 is 2.30 bits per heavy atom. The number of rotatable bonds is 7. The van der Waals surface area contributed by atoms with Crippen molar-refractivity contribution in [1.82, 2.24) is 14.8 Å². The molecule has 9 heteroatoms. The van der Waals surface area contributed by atoms with Crippen LogP contribution in [0.2, 0.25) is 0 Å². The fraction of sp³-hybridized carbons (Fsp3) is 0.125. The van der Waals surface area contributed by atoms with E-state index >= 15 is 0 Å². The van der Waals surface area contributed by atoms with Crippen LogP contribution >= 0.6 is 11.8 Å². The first-order valence-electron chi connectivity index (χ1n) is 10.1. The Labute approximate surface area is 192 Å². The smallest absolute Gasteiger partial charge is 0.237 e. The van der Waals surface area contributed by atoms with Crippen molar-refractivity contribution in [3.05, 3.63) is 102 Å². The maximum Gasteiger partial charge on any atom is 0.237 e. The number of thioether (sulfide) groups is 1. The Morgan fingerprint density at radius 1 is 0.939 bits per heavy atom. The van der Waals surface area contributed by atoms with E-state index in [1.165, 1.54) is 0 Å². The van der Waals surface area contributed by atoms with Crippen LogP contribution in [0.25, 0.3) is 5.69 Å². The third-order valence-corrected chi connectivity index (χ3v) is 5.91. The van der Waals surface area contributed by atoms with E-state index in [0.29, 0.717) is 17.4 Å². The highest BCUT2D eigenvalue weighted by molar-refractivity contribution is 8.00. The number of amides is 1. The third-order valence-electron chi connectivity index (χ3n) is 4.86. The number of benzene rings is 3. The summed E-state index contributed by atoms with van der Waals surface area (Å²) in [5.74, 6) is -4.30. The Morgan fingerprint density at radius 2 is 1.61 bits per heavy atom. The van der Waals surface area contributed by atoms with Crippen molar-refractivity contribution in [2.45, 2.75) is 23.8 Å². The molecule has 0 aliphatic heterocycles. The Kier molecular flexibility index (Phi) is 6.79. The SMILES string of the molecule is CC(Sc1nnc(Cc2ccccc2)n1-c1ccccc1)C(=O)Nc1ccc(F)c(F)c1F. The lowest BCUT2D eigenvalue weighted by atomic mass is 10.1. The van der Waals surface area contributed by atoms with Gasteiger partial charge in [0.05, 0.1) is 10.9 Å². The largest absolute Gasteiger partial charge is 0.323 e. The molecule has 0 radical (unpaired) electrons. The summed E-state index contributed by atoms with van der Waals surface area (Å²) in [5, 5.41) is 10.7. The van der Waals surface area contributed by atoms with Crippen LogP contribution in [-0.4, -0.2) is 25.9 Å². The molecule has 0 bridgehead atoms. The second-order valence-electron chi connectivity index (χ2n) is 7.20. The van der Waals surface area contributed by atoms with Gasteiger partial charge in [-0.1, -0.05) is 60.3 Å². The van der Waals surface area contributed by atoms with Crippen molar-refractivity contribution in [3.8, 4) is 5.69 Å². The molecule has 1 N–H and O–H groups in total. The van der Waals surface area contributed by atoms with Gasteiger partial charge in [-0.3, -0.25) is 9.36 Å². The number of hydrogen-bond donors (Lipinski definition) is 1. The molecule has 3 aromatic carbocycles. The zero-order valence-corrected chi connectivity index (χ0v) is 18.3. The van der Waals surface area contributed by atoms with Crippen LogP contribution in [-0.2, 0) is 11.2 Å². The van der Waals surface area contributed by atoms with Crippen molar-refractivity contribution in [2.75, 3.05) is 5.32 Å². The van der Waals surface area contributed by atoms with Gasteiger partial charge in [-0.15, -0.1) is 10.2 Å². The molecule has 1 atom stereocenters. The fourth-order valence-corrected chi connectivity index (χ4v) is 4.06. The summed E-state index contributed by atoms with van der Waals surface area (Å²) < 4.78 is 42.4. The van der Waals surface area contributed by atoms with Crippen LogP contribution in [0, 0.1) is 17.5 Å². The molecule has 33 heavy (non-hydrogen) atoms. The minimum atomic E-state index is -1.64. The summed E-state index contributed by atoms with van der Waals surface area (Å²) in [6, 6.07) is 21.0. The van der Waals surface area contributed by atoms with Crippen LogP contribution in [0.3, 0.4) is 0 Å². The molecule has 0 aliphatic rings. The lowest BCUT2D eigenvalue weighted by Gasteiger charge is -2.14. The van der Waals surface area contributed by atoms with Gasteiger partial charge in [0.2, 0.25) is 5.91 Å². The van der Waals surface area contributed by atoms with Crippen LogP contribution in [0.5, 0.6) is 0 Å². The number of halogens is 3. The predicted molar refractivity (Wildman–Crippen MR) is 121 cm³/mol. The zero-order chi connectivity index (χ0) is 23.4. The highest BCUT2D eigenvalue weighted by Crippen LogP contribution is 2.28. The van der Waals surface area contributed by atoms with E-state index in [9.17, 15) is 18.0 Å². The first-order chi connectivity index (χ1) is 15.9. The molecule has 4 aromatic rings. The Bertz CT molecular complexity index is 1270. The number of nitrogens with one attached hydrogen (secondary N) is 1. The molecule has 0 spiro atoms. The van der Waals surface area contributed by atoms with Gasteiger partial charge in [-0.25, -0.2) is 13.2 Å². The summed E-state index contributed by atoms with van der Waals surface area (Å²) in [4.78, 5) is 12.6. The van der Waals surface area contributed by atoms with E-state index in [1.54, 1.807) is 6.92 Å². The fourth-order valence-electron chi connectivity index (χ4n) is 3.17. The standard InChI is InChI=1S/C24H19F3N4OS/c1-15(23(32)28-19-13-12-18(25)21(26)22(19)27)33-24-30-29-20(14-16-8-4-2-5-9-16)31(24)17-10-6-3-7-11-17/h2-13,15H,14H2,1H3,(H,28,32). The molecule has 5 nitrogen and oxygen atoms in total. The number of aromatic nitrogens is 3. The minimum Gasteiger partial charge on any atom is -0.323 e. The van der Waals surface area contributed by atoms with Crippen molar-refractivity contribution >= 4 is 23.4 Å². The van der Waals surface area contributed by atoms with Gasteiger partial charge in [0.25, 0.3) is 0 Å². The number of nitrogens with zero attached hydrogens (tertiary/aromatic N) is 3. The van der Waals surface area contributed by atoms with Gasteiger partial charge >= 0.3 is 0 Å². The Balaban J connectivity index is 1.58. The van der Waals surface area contributed by atoms with E-state index in [-0.39, 0.29) is 0 Å². The van der Waals surface area contributed by atoms with E-state index < -0.39 is 34.3 Å². The molecule has 1 aromatic heterocycles. The number of anilines is 1. The van der Waals surface area contributed by atoms with Crippen molar-refractivity contribution in [3.63, 3.8) is 0 Å². The second-order valence-corrected chi connectivity index (χ2v) is 8.51. The highest BCUT2D eigenvalue weighted by Gasteiger charge is 2.23. The molecule has 0 saturated heterocycles. The summed E-state index contributed by atoms with van der Waals surface area (Å²) in [7, 11) is 0. The van der Waals surface area contributed by atoms with E-state index in [1.807, 2.05) is 65.2 Å². The molecule has 0 saturated carbocycles. The molecule has 1 unspecified atom stereocenters. The van der Waals surface area contributed by atoms with Crippen LogP contribution in [0.4, 0.5) is 18.9 Å². The lowest BCUT2D eigenvalue weighted by molar-refractivity contribution is -0.115. The van der Waals surface area contributed by atoms with Crippen molar-refractivity contribution < 1.29 is 18.0 Å². The summed E-state index contributed by atoms with van der Waals surface area (Å²) >= 11 is 1.12. The number of carbonyl (C=O) groups excluding carboxylic acids is 1. The summed E-state index contributed by atoms with van der Waals surface area (Å²) in [5.41, 5.74) is 1.45. The normalized spacial score (nSPS) is 11.9. The average Bonchev–Trinajstić information content (AvgIpc) is 3.22. The molecular formula is C24H19F3N4OS. The molecular weight excluding hydrogens is 449 g/mol. The van der Waals surface area contributed by atoms with Gasteiger partial charge in [-0.2, -0.15) is 0 Å². The molecule has 168 valence electrons. The second kappa shape index (κ2) is 9.91. The molecule has 0 aliphatic carbocycles. The van der Waals surface area contributed by atoms with Gasteiger partial charge in [-0.05, 0) is 36.8 Å². The summed E-state index contributed by atoms with van der Waals surface area (Å²) in [6.45, 7) is 1.61. The Hall–Kier alpha value is -3.59. The summed E-state index contributed by atoms with van der Waals surface area (Å²) in [6.07, 6.45) is 0.532. The molecule has 1 heterocycles. The van der Waals surface area contributed by atoms with Gasteiger partial charge < -0.3 is 5.32 Å². The van der Waals surface area contributed by atoms with E-state index in [0.717, 1.165) is 35.1 Å². The van der Waals surface area contributed by atoms with Gasteiger partial charge in [0, 0.05) is 12.1 Å². The topological polar surface area (TPSA) is 59.8 Å². The van der Waals surface area contributed by atoms with Crippen LogP contribution in [0.1, 0.15) is 18.3 Å².